The fourth-order valence-electron chi connectivity index (χ4n) is 3.35. The van der Waals surface area contributed by atoms with Crippen molar-refractivity contribution in [1.82, 2.24) is 9.97 Å². The summed E-state index contributed by atoms with van der Waals surface area (Å²) in [5.41, 5.74) is 2.09. The number of aryl methyl sites for hydroxylation is 2. The molecular weight excluding hydrogens is 392 g/mol. The number of nitrogens with zero attached hydrogens (tertiary/aromatic N) is 2. The zero-order valence-corrected chi connectivity index (χ0v) is 17.1. The Labute approximate surface area is 170 Å². The Hall–Kier alpha value is -3.20. The van der Waals surface area contributed by atoms with E-state index in [1.807, 2.05) is 32.0 Å². The summed E-state index contributed by atoms with van der Waals surface area (Å²) in [4.78, 5) is 47.4. The van der Waals surface area contributed by atoms with Crippen molar-refractivity contribution in [2.45, 2.75) is 26.9 Å². The first kappa shape index (κ1) is 19.1. The monoisotopic (exact) mass is 412 g/mol. The number of nitrogens with one attached hydrogen (secondary N) is 2. The smallest absolute Gasteiger partial charge is 0.326 e. The molecule has 150 valence electrons. The Bertz CT molecular complexity index is 1180. The van der Waals surface area contributed by atoms with Crippen molar-refractivity contribution in [1.29, 1.82) is 0 Å². The summed E-state index contributed by atoms with van der Waals surface area (Å²) in [6.45, 7) is 5.47. The highest BCUT2D eigenvalue weighted by molar-refractivity contribution is 7.18. The van der Waals surface area contributed by atoms with Crippen molar-refractivity contribution in [2.24, 2.45) is 0 Å². The van der Waals surface area contributed by atoms with Crippen LogP contribution in [0.4, 0.5) is 11.4 Å². The maximum absolute atomic E-state index is 12.5. The maximum Gasteiger partial charge on any atom is 0.326 e. The molecule has 8 nitrogen and oxygen atoms in total. The van der Waals surface area contributed by atoms with Crippen LogP contribution in [0.3, 0.4) is 0 Å². The summed E-state index contributed by atoms with van der Waals surface area (Å²) >= 11 is 1.44. The molecule has 1 atom stereocenters. The van der Waals surface area contributed by atoms with Crippen LogP contribution in [0.2, 0.25) is 0 Å². The topological polar surface area (TPSA) is 104 Å². The van der Waals surface area contributed by atoms with Gasteiger partial charge in [0, 0.05) is 4.88 Å². The van der Waals surface area contributed by atoms with Crippen molar-refractivity contribution < 1.29 is 14.3 Å². The normalized spacial score (nSPS) is 14.4. The fourth-order valence-corrected chi connectivity index (χ4v) is 4.39. The van der Waals surface area contributed by atoms with Gasteiger partial charge in [0.25, 0.3) is 5.56 Å². The molecule has 2 N–H and O–H groups in total. The molecule has 3 heterocycles. The van der Waals surface area contributed by atoms with Crippen molar-refractivity contribution >= 4 is 44.8 Å². The second-order valence-corrected chi connectivity index (χ2v) is 8.17. The summed E-state index contributed by atoms with van der Waals surface area (Å²) in [5, 5.41) is 3.35. The molecule has 3 aromatic rings. The van der Waals surface area contributed by atoms with E-state index >= 15 is 0 Å². The standard InChI is InChI=1S/C20H20N4O4S/c1-10-12(3)29-20-17(10)19(27)22-18(23-20)11(2)28-16(26)9-24-8-15(25)21-13-6-4-5-7-14(13)24/h4-7,11H,8-9H2,1-3H3,(H,21,25)(H,22,23,27)/t11-/m1/s1. The van der Waals surface area contributed by atoms with Crippen molar-refractivity contribution in [3.05, 3.63) is 50.9 Å². The van der Waals surface area contributed by atoms with Crippen molar-refractivity contribution in [3.8, 4) is 0 Å². The van der Waals surface area contributed by atoms with Crippen LogP contribution >= 0.6 is 11.3 Å². The summed E-state index contributed by atoms with van der Waals surface area (Å²) in [6.07, 6.45) is -0.726. The minimum atomic E-state index is -0.726. The van der Waals surface area contributed by atoms with Gasteiger partial charge in [0.2, 0.25) is 5.91 Å². The Morgan fingerprint density at radius 1 is 1.31 bits per heavy atom. The third-order valence-corrected chi connectivity index (χ3v) is 6.03. The van der Waals surface area contributed by atoms with E-state index in [0.717, 1.165) is 16.1 Å². The van der Waals surface area contributed by atoms with Gasteiger partial charge >= 0.3 is 5.97 Å². The van der Waals surface area contributed by atoms with E-state index in [4.69, 9.17) is 4.74 Å². The molecule has 1 aromatic carbocycles. The first-order valence-corrected chi connectivity index (χ1v) is 9.98. The predicted octanol–water partition coefficient (Wildman–Crippen LogP) is 2.66. The van der Waals surface area contributed by atoms with Crippen LogP contribution in [0.1, 0.15) is 29.3 Å². The van der Waals surface area contributed by atoms with Crippen molar-refractivity contribution in [2.75, 3.05) is 23.3 Å². The number of hydrogen-bond donors (Lipinski definition) is 2. The lowest BCUT2D eigenvalue weighted by Gasteiger charge is -2.30. The molecule has 4 rings (SSSR count). The van der Waals surface area contributed by atoms with Gasteiger partial charge < -0.3 is 19.9 Å². The Balaban J connectivity index is 1.51. The molecule has 1 aliphatic heterocycles. The predicted molar refractivity (Wildman–Crippen MR) is 112 cm³/mol. The quantitative estimate of drug-likeness (QED) is 0.639. The number of thiophene rings is 1. The van der Waals surface area contributed by atoms with Crippen LogP contribution in [0, 0.1) is 13.8 Å². The van der Waals surface area contributed by atoms with E-state index in [-0.39, 0.29) is 24.6 Å². The molecule has 0 unspecified atom stereocenters. The number of carbonyl (C=O) groups is 2. The van der Waals surface area contributed by atoms with Crippen molar-refractivity contribution in [3.63, 3.8) is 0 Å². The van der Waals surface area contributed by atoms with E-state index in [1.165, 1.54) is 11.3 Å². The SMILES string of the molecule is Cc1sc2nc([C@@H](C)OC(=O)CN3CC(=O)Nc4ccccc43)[nH]c(=O)c2c1C. The molecule has 0 aliphatic carbocycles. The molecule has 0 fully saturated rings. The highest BCUT2D eigenvalue weighted by Gasteiger charge is 2.25. The van der Waals surface area contributed by atoms with E-state index in [0.29, 0.717) is 21.7 Å². The number of ether oxygens (including phenoxy) is 1. The number of fused-ring (bicyclic) bond motifs is 2. The number of anilines is 2. The maximum atomic E-state index is 12.5. The molecule has 0 radical (unpaired) electrons. The third kappa shape index (κ3) is 3.61. The van der Waals surface area contributed by atoms with Crippen LogP contribution in [0.25, 0.3) is 10.2 Å². The van der Waals surface area contributed by atoms with Gasteiger partial charge in [0.05, 0.1) is 23.3 Å². The number of amides is 1. The lowest BCUT2D eigenvalue weighted by atomic mass is 10.2. The Morgan fingerprint density at radius 2 is 2.07 bits per heavy atom. The largest absolute Gasteiger partial charge is 0.453 e. The van der Waals surface area contributed by atoms with Crippen LogP contribution in [0.15, 0.2) is 29.1 Å². The number of hydrogen-bond acceptors (Lipinski definition) is 7. The molecule has 1 amide bonds. The van der Waals surface area contributed by atoms with Gasteiger partial charge in [0.15, 0.2) is 11.9 Å². The van der Waals surface area contributed by atoms with Gasteiger partial charge in [-0.25, -0.2) is 4.98 Å². The number of esters is 1. The number of carbonyl (C=O) groups excluding carboxylic acids is 2. The zero-order valence-electron chi connectivity index (χ0n) is 16.2. The summed E-state index contributed by atoms with van der Waals surface area (Å²) in [5.74, 6) is -0.401. The molecular formula is C20H20N4O4S. The number of aromatic amines is 1. The highest BCUT2D eigenvalue weighted by Crippen LogP contribution is 2.29. The Morgan fingerprint density at radius 3 is 2.86 bits per heavy atom. The van der Waals surface area contributed by atoms with Gasteiger partial charge in [-0.2, -0.15) is 0 Å². The van der Waals surface area contributed by atoms with Crippen LogP contribution in [-0.2, 0) is 14.3 Å². The number of aromatic nitrogens is 2. The second-order valence-electron chi connectivity index (χ2n) is 6.97. The zero-order chi connectivity index (χ0) is 20.7. The molecule has 9 heteroatoms. The van der Waals surface area contributed by atoms with Gasteiger partial charge in [-0.15, -0.1) is 11.3 Å². The van der Waals surface area contributed by atoms with E-state index < -0.39 is 12.1 Å². The second kappa shape index (κ2) is 7.32. The summed E-state index contributed by atoms with van der Waals surface area (Å²) < 4.78 is 5.49. The minimum absolute atomic E-state index is 0.0648. The van der Waals surface area contributed by atoms with Gasteiger partial charge in [-0.05, 0) is 38.5 Å². The number of para-hydroxylation sites is 2. The number of benzene rings is 1. The van der Waals surface area contributed by atoms with E-state index in [1.54, 1.807) is 17.9 Å². The molecule has 0 saturated heterocycles. The number of rotatable bonds is 4. The van der Waals surface area contributed by atoms with Crippen LogP contribution < -0.4 is 15.8 Å². The molecule has 0 spiro atoms. The van der Waals surface area contributed by atoms with Crippen LogP contribution in [0.5, 0.6) is 0 Å². The molecule has 0 bridgehead atoms. The fraction of sp³-hybridized carbons (Fsp3) is 0.300. The lowest BCUT2D eigenvalue weighted by Crippen LogP contribution is -2.41. The van der Waals surface area contributed by atoms with E-state index in [2.05, 4.69) is 15.3 Å². The lowest BCUT2D eigenvalue weighted by molar-refractivity contribution is -0.147. The molecule has 29 heavy (non-hydrogen) atoms. The first-order chi connectivity index (χ1) is 13.8. The first-order valence-electron chi connectivity index (χ1n) is 9.16. The molecule has 1 aliphatic rings. The summed E-state index contributed by atoms with van der Waals surface area (Å²) in [7, 11) is 0. The average molecular weight is 412 g/mol. The van der Waals surface area contributed by atoms with Gasteiger partial charge in [-0.3, -0.25) is 14.4 Å². The third-order valence-electron chi connectivity index (χ3n) is 4.92. The Kier molecular flexibility index (Phi) is 4.83. The summed E-state index contributed by atoms with van der Waals surface area (Å²) in [6, 6.07) is 7.27. The van der Waals surface area contributed by atoms with E-state index in [9.17, 15) is 14.4 Å². The van der Waals surface area contributed by atoms with Gasteiger partial charge in [0.1, 0.15) is 11.4 Å². The average Bonchev–Trinajstić information content (AvgIpc) is 2.95. The van der Waals surface area contributed by atoms with Crippen LogP contribution in [-0.4, -0.2) is 34.9 Å². The molecule has 0 saturated carbocycles. The van der Waals surface area contributed by atoms with Gasteiger partial charge in [-0.1, -0.05) is 12.1 Å². The highest BCUT2D eigenvalue weighted by atomic mass is 32.1. The minimum Gasteiger partial charge on any atom is -0.453 e. The molecule has 2 aromatic heterocycles. The number of H-pyrrole nitrogens is 1.